The van der Waals surface area contributed by atoms with Gasteiger partial charge in [-0.25, -0.2) is 4.57 Å². The number of carbonyl (C=O) groups is 2. The van der Waals surface area contributed by atoms with Crippen molar-refractivity contribution in [3.8, 4) is 0 Å². The predicted octanol–water partition coefficient (Wildman–Crippen LogP) is 19.5. The Balaban J connectivity index is 4.09. The molecule has 0 heterocycles. The lowest BCUT2D eigenvalue weighted by Crippen LogP contribution is -2.37. The molecule has 2 unspecified atom stereocenters. The Labute approximate surface area is 457 Å². The van der Waals surface area contributed by atoms with Crippen molar-refractivity contribution < 1.29 is 42.1 Å². The zero-order valence-electron chi connectivity index (χ0n) is 49.1. The van der Waals surface area contributed by atoms with Crippen molar-refractivity contribution >= 4 is 19.8 Å². The molecule has 0 aliphatic heterocycles. The SMILES string of the molecule is CC/C=C\C/C=C\C/C=C\C/C=C\CCCCCCCCCCCCCCCCCCC(=O)OC(COC(=O)CCCCCCCCCCC/C=C\CCCCCCCCCC)COP(=O)(O)OCC[N+](C)(C)C. The molecule has 2 atom stereocenters. The van der Waals surface area contributed by atoms with Crippen LogP contribution in [0, 0.1) is 0 Å². The number of allylic oxidation sites excluding steroid dienone is 10. The van der Waals surface area contributed by atoms with Crippen molar-refractivity contribution in [1.82, 2.24) is 0 Å². The summed E-state index contributed by atoms with van der Waals surface area (Å²) in [6, 6.07) is 0. The molecule has 74 heavy (non-hydrogen) atoms. The summed E-state index contributed by atoms with van der Waals surface area (Å²) in [6.07, 6.45) is 71.5. The van der Waals surface area contributed by atoms with Crippen LogP contribution in [0.4, 0.5) is 0 Å². The van der Waals surface area contributed by atoms with Gasteiger partial charge in [-0.1, -0.05) is 254 Å². The number of ether oxygens (including phenoxy) is 2. The van der Waals surface area contributed by atoms with Crippen LogP contribution in [-0.2, 0) is 32.7 Å². The minimum absolute atomic E-state index is 0.0314. The van der Waals surface area contributed by atoms with Crippen molar-refractivity contribution in [3.63, 3.8) is 0 Å². The second-order valence-corrected chi connectivity index (χ2v) is 23.5. The molecule has 0 aliphatic carbocycles. The Kier molecular flexibility index (Phi) is 53.7. The Bertz CT molecular complexity index is 1430. The lowest BCUT2D eigenvalue weighted by molar-refractivity contribution is -0.870. The zero-order chi connectivity index (χ0) is 54.2. The minimum atomic E-state index is -4.39. The Morgan fingerprint density at radius 2 is 0.770 bits per heavy atom. The summed E-state index contributed by atoms with van der Waals surface area (Å²) in [7, 11) is 1.48. The van der Waals surface area contributed by atoms with Crippen LogP contribution in [0.25, 0.3) is 0 Å². The largest absolute Gasteiger partial charge is 0.472 e. The Morgan fingerprint density at radius 3 is 1.16 bits per heavy atom. The fourth-order valence-corrected chi connectivity index (χ4v) is 9.51. The van der Waals surface area contributed by atoms with Gasteiger partial charge in [0, 0.05) is 12.8 Å². The molecule has 0 spiro atoms. The zero-order valence-corrected chi connectivity index (χ0v) is 50.0. The number of likely N-dealkylation sites (N-methyl/N-ethyl adjacent to an activating group) is 1. The van der Waals surface area contributed by atoms with Crippen LogP contribution in [0.2, 0.25) is 0 Å². The number of phosphoric acid groups is 1. The van der Waals surface area contributed by atoms with E-state index in [-0.39, 0.29) is 32.0 Å². The fraction of sp³-hybridized carbons (Fsp3) is 0.812. The number of hydrogen-bond donors (Lipinski definition) is 1. The topological polar surface area (TPSA) is 108 Å². The van der Waals surface area contributed by atoms with E-state index in [0.717, 1.165) is 57.8 Å². The van der Waals surface area contributed by atoms with Crippen molar-refractivity contribution in [2.75, 3.05) is 47.5 Å². The maximum atomic E-state index is 12.8. The molecule has 0 saturated heterocycles. The molecule has 0 aromatic heterocycles. The van der Waals surface area contributed by atoms with Gasteiger partial charge in [-0.05, 0) is 77.0 Å². The van der Waals surface area contributed by atoms with Crippen molar-refractivity contribution in [2.45, 2.75) is 290 Å². The molecule has 9 nitrogen and oxygen atoms in total. The number of esters is 2. The van der Waals surface area contributed by atoms with Gasteiger partial charge in [-0.2, -0.15) is 0 Å². The van der Waals surface area contributed by atoms with Crippen molar-refractivity contribution in [3.05, 3.63) is 60.8 Å². The summed E-state index contributed by atoms with van der Waals surface area (Å²) in [5.41, 5.74) is 0. The second kappa shape index (κ2) is 55.5. The van der Waals surface area contributed by atoms with E-state index < -0.39 is 26.5 Å². The van der Waals surface area contributed by atoms with Crippen LogP contribution >= 0.6 is 7.82 Å². The highest BCUT2D eigenvalue weighted by molar-refractivity contribution is 7.47. The minimum Gasteiger partial charge on any atom is -0.462 e. The standard InChI is InChI=1S/C64H118NO8P/c1-6-8-10-12-14-16-18-20-22-24-26-28-29-30-31-32-33-34-35-37-39-41-43-45-47-49-51-53-55-57-64(67)73-62(61-72-74(68,69)71-59-58-65(3,4)5)60-70-63(66)56-54-52-50-48-46-44-42-40-38-36-27-25-23-21-19-17-15-13-11-9-7-2/h8,10,14,16,20,22,25-28,62H,6-7,9,11-13,15,17-19,21,23-24,29-61H2,1-5H3/p+1/b10-8-,16-14-,22-20-,27-25-,28-26-. The highest BCUT2D eigenvalue weighted by Gasteiger charge is 2.27. The number of quaternary nitrogens is 1. The molecule has 10 heteroatoms. The van der Waals surface area contributed by atoms with Gasteiger partial charge in [0.25, 0.3) is 0 Å². The third-order valence-electron chi connectivity index (χ3n) is 13.5. The van der Waals surface area contributed by atoms with Gasteiger partial charge in [0.15, 0.2) is 6.10 Å². The number of nitrogens with zero attached hydrogens (tertiary/aromatic N) is 1. The first-order valence-electron chi connectivity index (χ1n) is 31.0. The smallest absolute Gasteiger partial charge is 0.462 e. The Morgan fingerprint density at radius 1 is 0.432 bits per heavy atom. The number of hydrogen-bond acceptors (Lipinski definition) is 7. The fourth-order valence-electron chi connectivity index (χ4n) is 8.77. The molecule has 0 rings (SSSR count). The number of phosphoric ester groups is 1. The molecule has 432 valence electrons. The third kappa shape index (κ3) is 59.0. The highest BCUT2D eigenvalue weighted by atomic mass is 31.2. The average Bonchev–Trinajstić information content (AvgIpc) is 3.36. The van der Waals surface area contributed by atoms with Gasteiger partial charge < -0.3 is 18.9 Å². The summed E-state index contributed by atoms with van der Waals surface area (Å²) in [5.74, 6) is -0.789. The van der Waals surface area contributed by atoms with E-state index in [1.165, 1.54) is 193 Å². The molecule has 0 aliphatic rings. The second-order valence-electron chi connectivity index (χ2n) is 22.1. The van der Waals surface area contributed by atoms with Crippen LogP contribution in [-0.4, -0.2) is 74.9 Å². The van der Waals surface area contributed by atoms with Crippen LogP contribution in [0.3, 0.4) is 0 Å². The monoisotopic (exact) mass is 1060 g/mol. The number of rotatable bonds is 57. The van der Waals surface area contributed by atoms with E-state index in [9.17, 15) is 19.0 Å². The van der Waals surface area contributed by atoms with E-state index in [2.05, 4.69) is 74.6 Å². The Hall–Kier alpha value is -2.29. The summed E-state index contributed by atoms with van der Waals surface area (Å²) in [5, 5.41) is 0. The van der Waals surface area contributed by atoms with Crippen LogP contribution < -0.4 is 0 Å². The van der Waals surface area contributed by atoms with Crippen LogP contribution in [0.5, 0.6) is 0 Å². The average molecular weight is 1060 g/mol. The molecule has 0 aromatic rings. The maximum Gasteiger partial charge on any atom is 0.472 e. The van der Waals surface area contributed by atoms with E-state index in [1.807, 2.05) is 21.1 Å². The molecule has 0 aromatic carbocycles. The normalized spacial score (nSPS) is 13.6. The third-order valence-corrected chi connectivity index (χ3v) is 14.5. The van der Waals surface area contributed by atoms with Gasteiger partial charge in [0.1, 0.15) is 19.8 Å². The highest BCUT2D eigenvalue weighted by Crippen LogP contribution is 2.43. The van der Waals surface area contributed by atoms with E-state index in [0.29, 0.717) is 17.4 Å². The first-order chi connectivity index (χ1) is 36.0. The van der Waals surface area contributed by atoms with Crippen LogP contribution in [0.15, 0.2) is 60.8 Å². The van der Waals surface area contributed by atoms with Gasteiger partial charge in [-0.3, -0.25) is 18.6 Å². The number of carbonyl (C=O) groups excluding carboxylic acids is 2. The van der Waals surface area contributed by atoms with E-state index >= 15 is 0 Å². The summed E-state index contributed by atoms with van der Waals surface area (Å²) in [6.45, 7) is 4.36. The summed E-state index contributed by atoms with van der Waals surface area (Å²) >= 11 is 0. The van der Waals surface area contributed by atoms with Crippen molar-refractivity contribution in [2.24, 2.45) is 0 Å². The quantitative estimate of drug-likeness (QED) is 0.0211. The molecular weight excluding hydrogens is 942 g/mol. The predicted molar refractivity (Wildman–Crippen MR) is 316 cm³/mol. The molecule has 0 radical (unpaired) electrons. The lowest BCUT2D eigenvalue weighted by atomic mass is 10.0. The summed E-state index contributed by atoms with van der Waals surface area (Å²) < 4.78 is 34.6. The molecule has 1 N–H and O–H groups in total. The first-order valence-corrected chi connectivity index (χ1v) is 32.5. The maximum absolute atomic E-state index is 12.8. The van der Waals surface area contributed by atoms with Gasteiger partial charge in [-0.15, -0.1) is 0 Å². The lowest BCUT2D eigenvalue weighted by Gasteiger charge is -2.24. The molecule has 0 saturated carbocycles. The van der Waals surface area contributed by atoms with Gasteiger partial charge in [0.2, 0.25) is 0 Å². The van der Waals surface area contributed by atoms with Crippen LogP contribution in [0.1, 0.15) is 284 Å². The summed E-state index contributed by atoms with van der Waals surface area (Å²) in [4.78, 5) is 35.8. The van der Waals surface area contributed by atoms with E-state index in [1.54, 1.807) is 0 Å². The first kappa shape index (κ1) is 71.7. The number of unbranched alkanes of at least 4 members (excludes halogenated alkanes) is 33. The molecular formula is C64H119NO8P+. The molecule has 0 fully saturated rings. The van der Waals surface area contributed by atoms with E-state index in [4.69, 9.17) is 18.5 Å². The molecule has 0 amide bonds. The van der Waals surface area contributed by atoms with Crippen molar-refractivity contribution in [1.29, 1.82) is 0 Å². The van der Waals surface area contributed by atoms with Gasteiger partial charge >= 0.3 is 19.8 Å². The molecule has 0 bridgehead atoms. The van der Waals surface area contributed by atoms with Gasteiger partial charge in [0.05, 0.1) is 27.7 Å².